The Bertz CT molecular complexity index is 129. The molecule has 0 amide bonds. The molecule has 0 unspecified atom stereocenters. The molecule has 1 aliphatic heterocycles. The summed E-state index contributed by atoms with van der Waals surface area (Å²) >= 11 is 0. The molecular weight excluding hydrogens is 176 g/mol. The van der Waals surface area contributed by atoms with Crippen molar-refractivity contribution in [1.82, 2.24) is 9.13 Å². The van der Waals surface area contributed by atoms with Crippen LogP contribution >= 0.6 is 0 Å². The zero-order valence-corrected chi connectivity index (χ0v) is 10.8. The van der Waals surface area contributed by atoms with Crippen LogP contribution in [0, 0.1) is 0 Å². The first kappa shape index (κ1) is 11.2. The highest BCUT2D eigenvalue weighted by molar-refractivity contribution is 6.32. The summed E-state index contributed by atoms with van der Waals surface area (Å²) in [6.07, 6.45) is 6.20. The highest BCUT2D eigenvalue weighted by Crippen LogP contribution is 2.21. The van der Waals surface area contributed by atoms with Crippen LogP contribution in [0.5, 0.6) is 0 Å². The van der Waals surface area contributed by atoms with Crippen LogP contribution < -0.4 is 0 Å². The van der Waals surface area contributed by atoms with Crippen molar-refractivity contribution in [2.24, 2.45) is 0 Å². The molecule has 0 spiro atoms. The molecule has 78 valence electrons. The van der Waals surface area contributed by atoms with Crippen LogP contribution in [0.3, 0.4) is 0 Å². The zero-order chi connectivity index (χ0) is 9.68. The van der Waals surface area contributed by atoms with Crippen molar-refractivity contribution in [2.75, 3.05) is 13.1 Å². The van der Waals surface area contributed by atoms with Gasteiger partial charge in [0.25, 0.3) is 0 Å². The van der Waals surface area contributed by atoms with E-state index in [2.05, 4.69) is 29.9 Å². The molecule has 0 bridgehead atoms. The van der Waals surface area contributed by atoms with E-state index in [1.165, 1.54) is 38.8 Å². The molecule has 0 N–H and O–H groups in total. The summed E-state index contributed by atoms with van der Waals surface area (Å²) in [6.45, 7) is 9.57. The van der Waals surface area contributed by atoms with Crippen molar-refractivity contribution < 1.29 is 0 Å². The van der Waals surface area contributed by atoms with Crippen molar-refractivity contribution in [3.05, 3.63) is 0 Å². The summed E-state index contributed by atoms with van der Waals surface area (Å²) in [5, 5.41) is 0. The van der Waals surface area contributed by atoms with Gasteiger partial charge in [0.2, 0.25) is 0 Å². The molecular formula is C10H24N2Si. The van der Waals surface area contributed by atoms with Crippen molar-refractivity contribution >= 4 is 9.84 Å². The van der Waals surface area contributed by atoms with Gasteiger partial charge in [-0.25, -0.2) is 0 Å². The van der Waals surface area contributed by atoms with E-state index in [-0.39, 0.29) is 9.84 Å². The predicted molar refractivity (Wildman–Crippen MR) is 61.2 cm³/mol. The SMILES string of the molecule is CCCC1N(CCC)[SiH2]N1CCC. The van der Waals surface area contributed by atoms with Crippen LogP contribution in [0.15, 0.2) is 0 Å². The minimum Gasteiger partial charge on any atom is -0.302 e. The van der Waals surface area contributed by atoms with E-state index < -0.39 is 0 Å². The molecule has 1 rings (SSSR count). The van der Waals surface area contributed by atoms with Gasteiger partial charge in [0.1, 0.15) is 0 Å². The van der Waals surface area contributed by atoms with E-state index in [0.717, 1.165) is 6.17 Å². The van der Waals surface area contributed by atoms with E-state index in [9.17, 15) is 0 Å². The first-order valence-corrected chi connectivity index (χ1v) is 7.08. The lowest BCUT2D eigenvalue weighted by Gasteiger charge is -2.51. The maximum atomic E-state index is 2.75. The van der Waals surface area contributed by atoms with E-state index in [1.807, 2.05) is 0 Å². The maximum absolute atomic E-state index is 2.75. The van der Waals surface area contributed by atoms with Crippen molar-refractivity contribution in [3.63, 3.8) is 0 Å². The number of rotatable bonds is 6. The molecule has 0 radical (unpaired) electrons. The Kier molecular flexibility index (Phi) is 4.99. The van der Waals surface area contributed by atoms with Gasteiger partial charge in [-0.2, -0.15) is 0 Å². The molecule has 0 aromatic carbocycles. The smallest absolute Gasteiger partial charge is 0.175 e. The second-order valence-corrected chi connectivity index (χ2v) is 5.94. The average Bonchev–Trinajstić information content (AvgIpc) is 2.13. The van der Waals surface area contributed by atoms with Gasteiger partial charge in [0.15, 0.2) is 9.84 Å². The summed E-state index contributed by atoms with van der Waals surface area (Å²) in [4.78, 5) is 0. The normalized spacial score (nSPS) is 26.5. The van der Waals surface area contributed by atoms with Gasteiger partial charge < -0.3 is 9.13 Å². The Morgan fingerprint density at radius 3 is 1.85 bits per heavy atom. The predicted octanol–water partition coefficient (Wildman–Crippen LogP) is 1.55. The molecule has 2 nitrogen and oxygen atoms in total. The van der Waals surface area contributed by atoms with Crippen molar-refractivity contribution in [3.8, 4) is 0 Å². The first-order valence-electron chi connectivity index (χ1n) is 5.81. The molecule has 0 aromatic heterocycles. The van der Waals surface area contributed by atoms with Crippen molar-refractivity contribution in [2.45, 2.75) is 52.6 Å². The van der Waals surface area contributed by atoms with Gasteiger partial charge in [-0.05, 0) is 32.4 Å². The quantitative estimate of drug-likeness (QED) is 0.600. The van der Waals surface area contributed by atoms with Crippen LogP contribution in [-0.4, -0.2) is 38.2 Å². The Hall–Kier alpha value is 0.137. The minimum atomic E-state index is 0.00985. The first-order chi connectivity index (χ1) is 6.33. The molecule has 0 saturated carbocycles. The van der Waals surface area contributed by atoms with E-state index >= 15 is 0 Å². The van der Waals surface area contributed by atoms with Crippen LogP contribution in [0.2, 0.25) is 0 Å². The number of nitrogens with zero attached hydrogens (tertiary/aromatic N) is 2. The summed E-state index contributed by atoms with van der Waals surface area (Å²) in [5.74, 6) is 0. The fraction of sp³-hybridized carbons (Fsp3) is 1.00. The van der Waals surface area contributed by atoms with Gasteiger partial charge in [-0.1, -0.05) is 27.2 Å². The third-order valence-electron chi connectivity index (χ3n) is 2.77. The fourth-order valence-electron chi connectivity index (χ4n) is 2.19. The molecule has 0 atom stereocenters. The Morgan fingerprint density at radius 2 is 1.46 bits per heavy atom. The highest BCUT2D eigenvalue weighted by atomic mass is 28.2. The summed E-state index contributed by atoms with van der Waals surface area (Å²) in [7, 11) is 0.00985. The molecule has 1 heterocycles. The highest BCUT2D eigenvalue weighted by Gasteiger charge is 2.33. The minimum absolute atomic E-state index is 0.00985. The lowest BCUT2D eigenvalue weighted by molar-refractivity contribution is 0.0858. The molecule has 0 aliphatic carbocycles. The molecule has 13 heavy (non-hydrogen) atoms. The molecule has 1 aliphatic rings. The third kappa shape index (κ3) is 2.79. The van der Waals surface area contributed by atoms with Gasteiger partial charge in [-0.3, -0.25) is 0 Å². The lowest BCUT2D eigenvalue weighted by atomic mass is 10.2. The molecule has 1 saturated heterocycles. The Labute approximate surface area is 85.3 Å². The van der Waals surface area contributed by atoms with Gasteiger partial charge in [0.05, 0.1) is 6.17 Å². The summed E-state index contributed by atoms with van der Waals surface area (Å²) < 4.78 is 5.50. The van der Waals surface area contributed by atoms with E-state index in [0.29, 0.717) is 0 Å². The standard InChI is InChI=1S/C10H24N2Si/c1-4-7-10-11(8-5-2)13-12(10)9-6-3/h10H,4-9,13H2,1-3H3. The van der Waals surface area contributed by atoms with Crippen LogP contribution in [0.1, 0.15) is 46.5 Å². The Morgan fingerprint density at radius 1 is 0.923 bits per heavy atom. The molecule has 1 fully saturated rings. The third-order valence-corrected chi connectivity index (χ3v) is 4.98. The molecule has 3 heteroatoms. The summed E-state index contributed by atoms with van der Waals surface area (Å²) in [5.41, 5.74) is 0. The second-order valence-electron chi connectivity index (χ2n) is 4.04. The number of hydrogen-bond donors (Lipinski definition) is 0. The van der Waals surface area contributed by atoms with Gasteiger partial charge in [-0.15, -0.1) is 0 Å². The molecule has 0 aromatic rings. The maximum Gasteiger partial charge on any atom is 0.175 e. The number of hydrogen-bond acceptors (Lipinski definition) is 2. The summed E-state index contributed by atoms with van der Waals surface area (Å²) in [6, 6.07) is 0. The zero-order valence-electron chi connectivity index (χ0n) is 9.42. The van der Waals surface area contributed by atoms with Gasteiger partial charge >= 0.3 is 0 Å². The van der Waals surface area contributed by atoms with Crippen LogP contribution in [0.4, 0.5) is 0 Å². The Balaban J connectivity index is 2.28. The van der Waals surface area contributed by atoms with E-state index in [1.54, 1.807) is 0 Å². The van der Waals surface area contributed by atoms with E-state index in [4.69, 9.17) is 0 Å². The van der Waals surface area contributed by atoms with Crippen LogP contribution in [0.25, 0.3) is 0 Å². The lowest BCUT2D eigenvalue weighted by Crippen LogP contribution is -2.66. The second kappa shape index (κ2) is 5.78. The van der Waals surface area contributed by atoms with Crippen molar-refractivity contribution in [1.29, 1.82) is 0 Å². The monoisotopic (exact) mass is 200 g/mol. The van der Waals surface area contributed by atoms with Gasteiger partial charge in [0, 0.05) is 0 Å². The van der Waals surface area contributed by atoms with Crippen LogP contribution in [-0.2, 0) is 0 Å². The largest absolute Gasteiger partial charge is 0.302 e. The average molecular weight is 200 g/mol. The topological polar surface area (TPSA) is 6.48 Å². The fourth-order valence-corrected chi connectivity index (χ4v) is 4.47.